The van der Waals surface area contributed by atoms with Gasteiger partial charge in [0.05, 0.1) is 6.61 Å². The van der Waals surface area contributed by atoms with Crippen LogP contribution in [0.2, 0.25) is 5.02 Å². The van der Waals surface area contributed by atoms with Gasteiger partial charge in [-0.1, -0.05) is 24.1 Å². The molecular weight excluding hydrogens is 340 g/mol. The van der Waals surface area contributed by atoms with E-state index in [9.17, 15) is 9.59 Å². The molecule has 6 heteroatoms. The Bertz CT molecular complexity index is 656. The number of carbonyl (C=O) groups is 2. The van der Waals surface area contributed by atoms with Gasteiger partial charge in [-0.3, -0.25) is 14.5 Å². The van der Waals surface area contributed by atoms with Crippen LogP contribution in [0.1, 0.15) is 56.3 Å². The molecule has 1 aliphatic carbocycles. The van der Waals surface area contributed by atoms with Gasteiger partial charge in [0.15, 0.2) is 0 Å². The Labute approximate surface area is 153 Å². The van der Waals surface area contributed by atoms with E-state index in [-0.39, 0.29) is 24.5 Å². The number of halogens is 1. The van der Waals surface area contributed by atoms with Gasteiger partial charge in [0, 0.05) is 16.6 Å². The van der Waals surface area contributed by atoms with E-state index in [1.165, 1.54) is 0 Å². The smallest absolute Gasteiger partial charge is 0.256 e. The average Bonchev–Trinajstić information content (AvgIpc) is 2.93. The summed E-state index contributed by atoms with van der Waals surface area (Å²) in [5.74, 6) is -0.348. The molecule has 0 bridgehead atoms. The molecule has 1 N–H and O–H groups in total. The number of rotatable bonds is 3. The third kappa shape index (κ3) is 3.67. The first-order valence-corrected chi connectivity index (χ1v) is 9.34. The van der Waals surface area contributed by atoms with Gasteiger partial charge in [-0.2, -0.15) is 0 Å². The fraction of sp³-hybridized carbons (Fsp3) is 0.579. The molecule has 0 aromatic heterocycles. The Balaban J connectivity index is 1.94. The third-order valence-corrected chi connectivity index (χ3v) is 5.15. The van der Waals surface area contributed by atoms with E-state index in [2.05, 4.69) is 5.32 Å². The van der Waals surface area contributed by atoms with Crippen molar-refractivity contribution in [2.75, 3.05) is 6.61 Å². The predicted molar refractivity (Wildman–Crippen MR) is 96.5 cm³/mol. The molecule has 1 unspecified atom stereocenters. The van der Waals surface area contributed by atoms with Crippen LogP contribution in [0, 0.1) is 0 Å². The monoisotopic (exact) mass is 364 g/mol. The van der Waals surface area contributed by atoms with Crippen LogP contribution in [0.15, 0.2) is 24.3 Å². The summed E-state index contributed by atoms with van der Waals surface area (Å²) in [6.07, 6.45) is 4.67. The third-order valence-electron chi connectivity index (χ3n) is 4.92. The molecule has 1 heterocycles. The van der Waals surface area contributed by atoms with E-state index in [1.807, 2.05) is 13.8 Å². The number of hydrogen-bond acceptors (Lipinski definition) is 3. The van der Waals surface area contributed by atoms with Crippen molar-refractivity contribution in [2.45, 2.75) is 63.8 Å². The van der Waals surface area contributed by atoms with Crippen LogP contribution in [0.3, 0.4) is 0 Å². The number of hydrogen-bond donors (Lipinski definition) is 1. The second kappa shape index (κ2) is 7.34. The SMILES string of the molecule is CC(C)NC(=O)C1COC2(CCCCC2)N1C(=O)c1cccc(Cl)c1. The molecule has 3 rings (SSSR count). The summed E-state index contributed by atoms with van der Waals surface area (Å²) >= 11 is 6.06. The minimum absolute atomic E-state index is 0.0125. The molecule has 1 spiro atoms. The standard InChI is InChI=1S/C19H25ClN2O3/c1-13(2)21-17(23)16-12-25-19(9-4-3-5-10-19)22(16)18(24)14-7-6-8-15(20)11-14/h6-8,11,13,16H,3-5,9-10,12H2,1-2H3,(H,21,23). The van der Waals surface area contributed by atoms with Gasteiger partial charge in [0.2, 0.25) is 5.91 Å². The van der Waals surface area contributed by atoms with Gasteiger partial charge in [0.1, 0.15) is 11.8 Å². The molecule has 25 heavy (non-hydrogen) atoms. The highest BCUT2D eigenvalue weighted by atomic mass is 35.5. The Kier molecular flexibility index (Phi) is 5.35. The van der Waals surface area contributed by atoms with Crippen molar-refractivity contribution < 1.29 is 14.3 Å². The normalized spacial score (nSPS) is 22.4. The Morgan fingerprint density at radius 3 is 2.64 bits per heavy atom. The maximum absolute atomic E-state index is 13.3. The second-order valence-corrected chi connectivity index (χ2v) is 7.62. The Morgan fingerprint density at radius 1 is 1.28 bits per heavy atom. The first kappa shape index (κ1) is 18.2. The molecule has 1 aromatic carbocycles. The first-order chi connectivity index (χ1) is 11.9. The number of benzene rings is 1. The number of nitrogens with one attached hydrogen (secondary N) is 1. The zero-order valence-corrected chi connectivity index (χ0v) is 15.5. The van der Waals surface area contributed by atoms with Crippen LogP contribution in [-0.2, 0) is 9.53 Å². The summed E-state index contributed by atoms with van der Waals surface area (Å²) in [6, 6.07) is 6.28. The van der Waals surface area contributed by atoms with E-state index < -0.39 is 11.8 Å². The van der Waals surface area contributed by atoms with Gasteiger partial charge in [-0.25, -0.2) is 0 Å². The van der Waals surface area contributed by atoms with E-state index in [0.717, 1.165) is 32.1 Å². The minimum atomic E-state index is -0.670. The molecule has 2 fully saturated rings. The molecule has 1 saturated carbocycles. The van der Waals surface area contributed by atoms with Crippen molar-refractivity contribution in [2.24, 2.45) is 0 Å². The maximum atomic E-state index is 13.3. The molecule has 1 atom stereocenters. The molecule has 1 aliphatic heterocycles. The van der Waals surface area contributed by atoms with E-state index >= 15 is 0 Å². The van der Waals surface area contributed by atoms with Gasteiger partial charge >= 0.3 is 0 Å². The molecular formula is C19H25ClN2O3. The quantitative estimate of drug-likeness (QED) is 0.894. The lowest BCUT2D eigenvalue weighted by atomic mass is 9.89. The Hall–Kier alpha value is -1.59. The van der Waals surface area contributed by atoms with Crippen molar-refractivity contribution in [3.05, 3.63) is 34.9 Å². The predicted octanol–water partition coefficient (Wildman–Crippen LogP) is 3.37. The van der Waals surface area contributed by atoms with Crippen LogP contribution in [0.4, 0.5) is 0 Å². The maximum Gasteiger partial charge on any atom is 0.256 e. The molecule has 136 valence electrons. The summed E-state index contributed by atoms with van der Waals surface area (Å²) in [5.41, 5.74) is -0.179. The summed E-state index contributed by atoms with van der Waals surface area (Å²) in [7, 11) is 0. The highest BCUT2D eigenvalue weighted by Gasteiger charge is 2.52. The number of ether oxygens (including phenoxy) is 1. The summed E-state index contributed by atoms with van der Waals surface area (Å²) in [5, 5.41) is 3.42. The van der Waals surface area contributed by atoms with Crippen LogP contribution in [-0.4, -0.2) is 41.1 Å². The van der Waals surface area contributed by atoms with E-state index in [0.29, 0.717) is 10.6 Å². The number of nitrogens with zero attached hydrogens (tertiary/aromatic N) is 1. The second-order valence-electron chi connectivity index (χ2n) is 7.18. The molecule has 0 radical (unpaired) electrons. The molecule has 2 amide bonds. The number of amides is 2. The van der Waals surface area contributed by atoms with Crippen LogP contribution in [0.5, 0.6) is 0 Å². The Morgan fingerprint density at radius 2 is 2.00 bits per heavy atom. The lowest BCUT2D eigenvalue weighted by Crippen LogP contribution is -2.57. The van der Waals surface area contributed by atoms with Gasteiger partial charge in [0.25, 0.3) is 5.91 Å². The van der Waals surface area contributed by atoms with Gasteiger partial charge in [-0.15, -0.1) is 0 Å². The molecule has 1 saturated heterocycles. The van der Waals surface area contributed by atoms with Crippen LogP contribution < -0.4 is 5.32 Å². The lowest BCUT2D eigenvalue weighted by molar-refractivity contribution is -0.127. The van der Waals surface area contributed by atoms with Gasteiger partial charge < -0.3 is 10.1 Å². The largest absolute Gasteiger partial charge is 0.353 e. The van der Waals surface area contributed by atoms with Crippen LogP contribution >= 0.6 is 11.6 Å². The van der Waals surface area contributed by atoms with Crippen molar-refractivity contribution in [1.29, 1.82) is 0 Å². The van der Waals surface area contributed by atoms with E-state index in [4.69, 9.17) is 16.3 Å². The topological polar surface area (TPSA) is 58.6 Å². The highest BCUT2D eigenvalue weighted by molar-refractivity contribution is 6.31. The number of carbonyl (C=O) groups excluding carboxylic acids is 2. The van der Waals surface area contributed by atoms with Crippen molar-refractivity contribution >= 4 is 23.4 Å². The summed E-state index contributed by atoms with van der Waals surface area (Å²) in [6.45, 7) is 4.06. The van der Waals surface area contributed by atoms with Crippen molar-refractivity contribution in [3.8, 4) is 0 Å². The zero-order chi connectivity index (χ0) is 18.0. The summed E-state index contributed by atoms with van der Waals surface area (Å²) < 4.78 is 6.09. The van der Waals surface area contributed by atoms with Crippen LogP contribution in [0.25, 0.3) is 0 Å². The zero-order valence-electron chi connectivity index (χ0n) is 14.8. The molecule has 1 aromatic rings. The average molecular weight is 365 g/mol. The summed E-state index contributed by atoms with van der Waals surface area (Å²) in [4.78, 5) is 27.6. The fourth-order valence-corrected chi connectivity index (χ4v) is 4.00. The van der Waals surface area contributed by atoms with Gasteiger partial charge in [-0.05, 0) is 57.7 Å². The molecule has 2 aliphatic rings. The fourth-order valence-electron chi connectivity index (χ4n) is 3.81. The van der Waals surface area contributed by atoms with Crippen molar-refractivity contribution in [3.63, 3.8) is 0 Å². The van der Waals surface area contributed by atoms with E-state index in [1.54, 1.807) is 29.2 Å². The van der Waals surface area contributed by atoms with Crippen molar-refractivity contribution in [1.82, 2.24) is 10.2 Å². The first-order valence-electron chi connectivity index (χ1n) is 8.96. The minimum Gasteiger partial charge on any atom is -0.353 e. The highest BCUT2D eigenvalue weighted by Crippen LogP contribution is 2.41. The molecule has 5 nitrogen and oxygen atoms in total. The lowest BCUT2D eigenvalue weighted by Gasteiger charge is -2.41.